The Morgan fingerprint density at radius 2 is 1.69 bits per heavy atom. The van der Waals surface area contributed by atoms with Gasteiger partial charge in [0, 0.05) is 26.6 Å². The van der Waals surface area contributed by atoms with E-state index < -0.39 is 12.2 Å². The van der Waals surface area contributed by atoms with Crippen LogP contribution in [-0.4, -0.2) is 89.2 Å². The second-order valence-corrected chi connectivity index (χ2v) is 12.1. The van der Waals surface area contributed by atoms with Crippen molar-refractivity contribution in [2.24, 2.45) is 0 Å². The molecule has 2 aliphatic heterocycles. The number of nitrogens with one attached hydrogen (secondary N) is 1. The monoisotopic (exact) mass is 629 g/mol. The van der Waals surface area contributed by atoms with Crippen molar-refractivity contribution in [3.63, 3.8) is 0 Å². The maximum absolute atomic E-state index is 14.1. The molecule has 2 fully saturated rings. The summed E-state index contributed by atoms with van der Waals surface area (Å²) in [5, 5.41) is 6.56. The maximum atomic E-state index is 14.1. The number of piperazine rings is 1. The molecule has 0 saturated carbocycles. The average molecular weight is 630 g/mol. The lowest BCUT2D eigenvalue weighted by Gasteiger charge is -2.45. The highest BCUT2D eigenvalue weighted by atomic mass is 32.1. The Morgan fingerprint density at radius 3 is 2.36 bits per heavy atom. The van der Waals surface area contributed by atoms with Crippen LogP contribution in [0.15, 0.2) is 66.7 Å². The van der Waals surface area contributed by atoms with Crippen molar-refractivity contribution in [3.05, 3.63) is 83.4 Å². The number of carbonyl (C=O) groups excluding carboxylic acids is 3. The summed E-state index contributed by atoms with van der Waals surface area (Å²) in [4.78, 5) is 49.0. The van der Waals surface area contributed by atoms with Crippen LogP contribution in [0.4, 0.5) is 9.93 Å². The third kappa shape index (κ3) is 6.08. The molecule has 1 aromatic heterocycles. The lowest BCUT2D eigenvalue weighted by Crippen LogP contribution is -2.65. The number of aromatic nitrogens is 1. The van der Waals surface area contributed by atoms with E-state index in [0.29, 0.717) is 23.8 Å². The highest BCUT2D eigenvalue weighted by molar-refractivity contribution is 7.22. The molecule has 234 valence electrons. The number of amides is 4. The van der Waals surface area contributed by atoms with E-state index in [4.69, 9.17) is 15.2 Å². The number of hydrogen-bond donors (Lipinski definition) is 2. The van der Waals surface area contributed by atoms with Crippen molar-refractivity contribution in [3.8, 4) is 11.5 Å². The number of rotatable bonds is 9. The van der Waals surface area contributed by atoms with Crippen LogP contribution in [0.5, 0.6) is 11.5 Å². The number of carbonyl (C=O) groups is 3. The van der Waals surface area contributed by atoms with E-state index in [-0.39, 0.29) is 37.5 Å². The van der Waals surface area contributed by atoms with Gasteiger partial charge in [0.05, 0.1) is 37.5 Å². The van der Waals surface area contributed by atoms with Crippen molar-refractivity contribution >= 4 is 44.5 Å². The highest BCUT2D eigenvalue weighted by Crippen LogP contribution is 2.32. The molecule has 0 bridgehead atoms. The molecule has 3 aromatic carbocycles. The fraction of sp³-hybridized carbons (Fsp3) is 0.312. The fourth-order valence-corrected chi connectivity index (χ4v) is 6.73. The van der Waals surface area contributed by atoms with Crippen LogP contribution in [-0.2, 0) is 29.1 Å². The number of ether oxygens (including phenoxy) is 2. The van der Waals surface area contributed by atoms with Gasteiger partial charge in [0.2, 0.25) is 11.8 Å². The Kier molecular flexibility index (Phi) is 8.46. The second-order valence-electron chi connectivity index (χ2n) is 11.0. The zero-order valence-corrected chi connectivity index (χ0v) is 26.1. The van der Waals surface area contributed by atoms with Gasteiger partial charge in [-0.2, -0.15) is 5.01 Å². The van der Waals surface area contributed by atoms with Gasteiger partial charge < -0.3 is 30.3 Å². The fourth-order valence-electron chi connectivity index (χ4n) is 5.94. The summed E-state index contributed by atoms with van der Waals surface area (Å²) in [5.41, 5.74) is 9.43. The van der Waals surface area contributed by atoms with Crippen molar-refractivity contribution in [2.45, 2.75) is 31.7 Å². The molecule has 12 nitrogen and oxygen atoms in total. The van der Waals surface area contributed by atoms with Crippen LogP contribution in [0.25, 0.3) is 10.2 Å². The molecule has 0 spiro atoms. The molecule has 2 atom stereocenters. The first-order valence-corrected chi connectivity index (χ1v) is 15.3. The summed E-state index contributed by atoms with van der Waals surface area (Å²) < 4.78 is 11.5. The average Bonchev–Trinajstić information content (AvgIpc) is 3.60. The standard InChI is InChI=1S/C32H35N7O5S/c1-36(32(42)34-16-21-9-13-24(44-3)14-10-21)38-19-28(40)39-25(15-20-7-11-23(43-2)12-8-20)30(41)37(18-27(38)39)17-22-5-4-6-26-29(22)35-31(33)45-26/h4-14,25,27H,15-19H2,1-3H3,(H2,33,35)(H,34,42)/t25-,27+/m0/s1. The Balaban J connectivity index is 1.26. The zero-order chi connectivity index (χ0) is 31.7. The van der Waals surface area contributed by atoms with Gasteiger partial charge in [0.15, 0.2) is 5.13 Å². The first-order valence-electron chi connectivity index (χ1n) is 14.5. The zero-order valence-electron chi connectivity index (χ0n) is 25.3. The molecule has 2 saturated heterocycles. The number of anilines is 1. The van der Waals surface area contributed by atoms with Crippen molar-refractivity contribution in [1.82, 2.24) is 30.1 Å². The van der Waals surface area contributed by atoms with Gasteiger partial charge in [0.1, 0.15) is 23.7 Å². The van der Waals surface area contributed by atoms with Crippen LogP contribution in [0.1, 0.15) is 16.7 Å². The van der Waals surface area contributed by atoms with E-state index in [1.165, 1.54) is 16.3 Å². The molecule has 4 amide bonds. The van der Waals surface area contributed by atoms with Gasteiger partial charge in [-0.25, -0.2) is 9.78 Å². The quantitative estimate of drug-likeness (QED) is 0.289. The number of fused-ring (bicyclic) bond motifs is 2. The number of nitrogens with zero attached hydrogens (tertiary/aromatic N) is 5. The third-order valence-electron chi connectivity index (χ3n) is 8.32. The number of methoxy groups -OCH3 is 2. The molecule has 2 aliphatic rings. The van der Waals surface area contributed by atoms with Crippen LogP contribution < -0.4 is 20.5 Å². The number of benzene rings is 3. The smallest absolute Gasteiger partial charge is 0.332 e. The topological polar surface area (TPSA) is 134 Å². The van der Waals surface area contributed by atoms with Crippen molar-refractivity contribution < 1.29 is 23.9 Å². The minimum absolute atomic E-state index is 0.0322. The molecule has 3 heterocycles. The molecule has 0 unspecified atom stereocenters. The summed E-state index contributed by atoms with van der Waals surface area (Å²) in [6.45, 7) is 0.776. The number of urea groups is 1. The van der Waals surface area contributed by atoms with Gasteiger partial charge in [-0.1, -0.05) is 47.7 Å². The Labute approximate surface area is 264 Å². The molecule has 13 heteroatoms. The number of hydrogen-bond acceptors (Lipinski definition) is 9. The van der Waals surface area contributed by atoms with Crippen LogP contribution in [0.2, 0.25) is 0 Å². The number of thiazole rings is 1. The van der Waals surface area contributed by atoms with Crippen molar-refractivity contribution in [2.75, 3.05) is 40.1 Å². The van der Waals surface area contributed by atoms with Gasteiger partial charge in [0.25, 0.3) is 0 Å². The minimum atomic E-state index is -0.759. The lowest BCUT2D eigenvalue weighted by atomic mass is 9.99. The summed E-state index contributed by atoms with van der Waals surface area (Å²) >= 11 is 1.40. The number of nitrogens with two attached hydrogens (primary N) is 1. The molecule has 6 rings (SSSR count). The third-order valence-corrected chi connectivity index (χ3v) is 9.17. The number of para-hydroxylation sites is 1. The van der Waals surface area contributed by atoms with E-state index in [1.54, 1.807) is 36.1 Å². The van der Waals surface area contributed by atoms with E-state index >= 15 is 0 Å². The maximum Gasteiger partial charge on any atom is 0.332 e. The van der Waals surface area contributed by atoms with E-state index in [2.05, 4.69) is 10.3 Å². The molecule has 0 aliphatic carbocycles. The predicted octanol–water partition coefficient (Wildman–Crippen LogP) is 3.08. The van der Waals surface area contributed by atoms with Crippen LogP contribution in [0.3, 0.4) is 0 Å². The predicted molar refractivity (Wildman–Crippen MR) is 170 cm³/mol. The molecular formula is C32H35N7O5S. The first-order chi connectivity index (χ1) is 21.7. The Morgan fingerprint density at radius 1 is 1.02 bits per heavy atom. The van der Waals surface area contributed by atoms with Gasteiger partial charge in [-0.3, -0.25) is 14.6 Å². The van der Waals surface area contributed by atoms with Gasteiger partial charge in [-0.15, -0.1) is 0 Å². The van der Waals surface area contributed by atoms with Gasteiger partial charge in [-0.05, 0) is 47.0 Å². The summed E-state index contributed by atoms with van der Waals surface area (Å²) in [6.07, 6.45) is -0.230. The van der Waals surface area contributed by atoms with E-state index in [0.717, 1.165) is 32.7 Å². The first kappa shape index (κ1) is 30.2. The molecule has 45 heavy (non-hydrogen) atoms. The Hall–Kier alpha value is -4.88. The SMILES string of the molecule is COc1ccc(CNC(=O)N(C)N2CC(=O)N3[C@@H](Cc4ccc(OC)cc4)C(=O)N(Cc4cccc5sc(N)nc45)C[C@@H]32)cc1. The normalized spacial score (nSPS) is 18.3. The Bertz CT molecular complexity index is 1710. The van der Waals surface area contributed by atoms with Crippen LogP contribution in [0, 0.1) is 0 Å². The highest BCUT2D eigenvalue weighted by Gasteiger charge is 2.51. The van der Waals surface area contributed by atoms with Crippen molar-refractivity contribution in [1.29, 1.82) is 0 Å². The number of hydrazine groups is 1. The summed E-state index contributed by atoms with van der Waals surface area (Å²) in [6, 6.07) is 19.6. The lowest BCUT2D eigenvalue weighted by molar-refractivity contribution is -0.157. The molecule has 3 N–H and O–H groups in total. The summed E-state index contributed by atoms with van der Waals surface area (Å²) in [7, 11) is 4.83. The minimum Gasteiger partial charge on any atom is -0.497 e. The van der Waals surface area contributed by atoms with E-state index in [9.17, 15) is 14.4 Å². The summed E-state index contributed by atoms with van der Waals surface area (Å²) in [5.74, 6) is 1.06. The van der Waals surface area contributed by atoms with Gasteiger partial charge >= 0.3 is 6.03 Å². The number of nitrogen functional groups attached to an aromatic ring is 1. The van der Waals surface area contributed by atoms with E-state index in [1.807, 2.05) is 66.7 Å². The molecular weight excluding hydrogens is 594 g/mol. The molecule has 0 radical (unpaired) electrons. The second kappa shape index (κ2) is 12.6. The largest absolute Gasteiger partial charge is 0.497 e. The van der Waals surface area contributed by atoms with Crippen LogP contribution >= 0.6 is 11.3 Å². The molecule has 4 aromatic rings.